The minimum Gasteiger partial charge on any atom is -0.406 e. The summed E-state index contributed by atoms with van der Waals surface area (Å²) in [5, 5.41) is 6.66. The molecule has 1 heterocycles. The zero-order valence-electron chi connectivity index (χ0n) is 25.0. The topological polar surface area (TPSA) is 85.2 Å². The number of hydrogen-bond acceptors (Lipinski definition) is 4. The van der Waals surface area contributed by atoms with Crippen molar-refractivity contribution in [1.29, 1.82) is 0 Å². The molecule has 0 aliphatic rings. The number of amides is 2. The molecular formula is C32H38Cl2N4O3Si. The SMILES string of the molecule is CC(O[Si](C(C)C)(C(C)C)C(C)C)c1nc2cccc(Cl)c2c(=O)n1-c1cccc(NC(=O)Nc2ccccc2Cl)c1. The van der Waals surface area contributed by atoms with Crippen LogP contribution < -0.4 is 16.2 Å². The lowest BCUT2D eigenvalue weighted by Gasteiger charge is -2.44. The van der Waals surface area contributed by atoms with Gasteiger partial charge < -0.3 is 15.1 Å². The van der Waals surface area contributed by atoms with Crippen LogP contribution in [0.15, 0.2) is 71.5 Å². The van der Waals surface area contributed by atoms with E-state index in [1.165, 1.54) is 0 Å². The number of halogens is 2. The number of nitrogens with one attached hydrogen (secondary N) is 2. The highest BCUT2D eigenvalue weighted by molar-refractivity contribution is 6.77. The molecule has 0 saturated heterocycles. The van der Waals surface area contributed by atoms with E-state index < -0.39 is 20.5 Å². The molecule has 4 aromatic rings. The van der Waals surface area contributed by atoms with Crippen LogP contribution in [0, 0.1) is 0 Å². The Morgan fingerprint density at radius 2 is 1.45 bits per heavy atom. The molecule has 0 radical (unpaired) electrons. The number of rotatable bonds is 9. The van der Waals surface area contributed by atoms with Crippen LogP contribution in [0.1, 0.15) is 60.4 Å². The van der Waals surface area contributed by atoms with Gasteiger partial charge in [-0.3, -0.25) is 9.36 Å². The van der Waals surface area contributed by atoms with Gasteiger partial charge in [-0.15, -0.1) is 0 Å². The summed E-state index contributed by atoms with van der Waals surface area (Å²) in [6, 6.07) is 18.8. The van der Waals surface area contributed by atoms with E-state index in [9.17, 15) is 9.59 Å². The van der Waals surface area contributed by atoms with Crippen molar-refractivity contribution >= 4 is 59.8 Å². The molecule has 0 fully saturated rings. The molecule has 1 aromatic heterocycles. The third kappa shape index (κ3) is 6.27. The largest absolute Gasteiger partial charge is 0.406 e. The smallest absolute Gasteiger partial charge is 0.323 e. The molecule has 0 spiro atoms. The van der Waals surface area contributed by atoms with E-state index in [1.54, 1.807) is 71.3 Å². The van der Waals surface area contributed by atoms with E-state index in [2.05, 4.69) is 52.2 Å². The van der Waals surface area contributed by atoms with Gasteiger partial charge in [-0.2, -0.15) is 0 Å². The third-order valence-electron chi connectivity index (χ3n) is 7.81. The van der Waals surface area contributed by atoms with Crippen LogP contribution in [-0.4, -0.2) is 23.9 Å². The van der Waals surface area contributed by atoms with E-state index in [4.69, 9.17) is 32.6 Å². The third-order valence-corrected chi connectivity index (χ3v) is 14.6. The van der Waals surface area contributed by atoms with Crippen LogP contribution >= 0.6 is 23.2 Å². The number of aromatic nitrogens is 2. The first-order chi connectivity index (χ1) is 19.9. The maximum absolute atomic E-state index is 14.1. The van der Waals surface area contributed by atoms with Gasteiger partial charge in [0.1, 0.15) is 11.9 Å². The first kappa shape index (κ1) is 31.8. The molecule has 4 rings (SSSR count). The van der Waals surface area contributed by atoms with Gasteiger partial charge in [-0.05, 0) is 66.0 Å². The maximum atomic E-state index is 14.1. The Bertz CT molecular complexity index is 1630. The van der Waals surface area contributed by atoms with Crippen molar-refractivity contribution in [3.63, 3.8) is 0 Å². The van der Waals surface area contributed by atoms with E-state index >= 15 is 0 Å². The summed E-state index contributed by atoms with van der Waals surface area (Å²) in [4.78, 5) is 31.9. The number of fused-ring (bicyclic) bond motifs is 1. The van der Waals surface area contributed by atoms with Gasteiger partial charge in [0, 0.05) is 5.69 Å². The molecule has 0 saturated carbocycles. The number of carbonyl (C=O) groups is 1. The average molecular weight is 626 g/mol. The average Bonchev–Trinajstić information content (AvgIpc) is 2.92. The van der Waals surface area contributed by atoms with Gasteiger partial charge in [-0.1, -0.05) is 89.0 Å². The van der Waals surface area contributed by atoms with Crippen LogP contribution in [0.3, 0.4) is 0 Å². The van der Waals surface area contributed by atoms with Crippen LogP contribution in [0.25, 0.3) is 16.6 Å². The summed E-state index contributed by atoms with van der Waals surface area (Å²) >= 11 is 12.7. The molecular weight excluding hydrogens is 587 g/mol. The second-order valence-corrected chi connectivity index (χ2v) is 17.7. The predicted molar refractivity (Wildman–Crippen MR) is 177 cm³/mol. The number of para-hydroxylation sites is 1. The van der Waals surface area contributed by atoms with Gasteiger partial charge in [0.25, 0.3) is 5.56 Å². The summed E-state index contributed by atoms with van der Waals surface area (Å²) in [6.07, 6.45) is -0.486. The maximum Gasteiger partial charge on any atom is 0.323 e. The summed E-state index contributed by atoms with van der Waals surface area (Å²) in [5.41, 5.74) is 2.74. The first-order valence-corrected chi connectivity index (χ1v) is 17.1. The lowest BCUT2D eigenvalue weighted by molar-refractivity contribution is 0.183. The van der Waals surface area contributed by atoms with E-state index in [1.807, 2.05) is 6.92 Å². The molecule has 10 heteroatoms. The molecule has 2 amide bonds. The highest BCUT2D eigenvalue weighted by Crippen LogP contribution is 2.45. The Balaban J connectivity index is 1.81. The van der Waals surface area contributed by atoms with Gasteiger partial charge in [-0.25, -0.2) is 9.78 Å². The number of anilines is 2. The molecule has 0 aliphatic heterocycles. The Kier molecular flexibility index (Phi) is 9.83. The van der Waals surface area contributed by atoms with Gasteiger partial charge in [0.2, 0.25) is 8.32 Å². The fourth-order valence-electron chi connectivity index (χ4n) is 6.07. The van der Waals surface area contributed by atoms with E-state index in [0.29, 0.717) is 60.5 Å². The highest BCUT2D eigenvalue weighted by atomic mass is 35.5. The van der Waals surface area contributed by atoms with Crippen molar-refractivity contribution in [2.45, 2.75) is 71.2 Å². The molecule has 2 N–H and O–H groups in total. The van der Waals surface area contributed by atoms with Gasteiger partial charge in [0.15, 0.2) is 0 Å². The molecule has 7 nitrogen and oxygen atoms in total. The number of nitrogens with zero attached hydrogens (tertiary/aromatic N) is 2. The Labute approximate surface area is 258 Å². The highest BCUT2D eigenvalue weighted by Gasteiger charge is 2.46. The van der Waals surface area contributed by atoms with Crippen molar-refractivity contribution in [3.05, 3.63) is 93.0 Å². The van der Waals surface area contributed by atoms with E-state index in [0.717, 1.165) is 0 Å². The zero-order chi connectivity index (χ0) is 30.8. The quantitative estimate of drug-likeness (QED) is 0.181. The van der Waals surface area contributed by atoms with Crippen LogP contribution in [0.5, 0.6) is 0 Å². The normalized spacial score (nSPS) is 12.8. The Morgan fingerprint density at radius 1 is 0.833 bits per heavy atom. The van der Waals surface area contributed by atoms with Crippen molar-refractivity contribution < 1.29 is 9.22 Å². The van der Waals surface area contributed by atoms with Crippen molar-refractivity contribution in [1.82, 2.24) is 9.55 Å². The summed E-state index contributed by atoms with van der Waals surface area (Å²) in [6.45, 7) is 15.3. The minimum atomic E-state index is -2.33. The van der Waals surface area contributed by atoms with Crippen molar-refractivity contribution in [3.8, 4) is 5.69 Å². The zero-order valence-corrected chi connectivity index (χ0v) is 27.5. The lowest BCUT2D eigenvalue weighted by atomic mass is 10.2. The Hall–Kier alpha value is -3.17. The minimum absolute atomic E-state index is 0.306. The molecule has 42 heavy (non-hydrogen) atoms. The molecule has 1 atom stereocenters. The number of carbonyl (C=O) groups excluding carboxylic acids is 1. The molecule has 0 aliphatic carbocycles. The fourth-order valence-corrected chi connectivity index (χ4v) is 12.0. The van der Waals surface area contributed by atoms with Crippen molar-refractivity contribution in [2.75, 3.05) is 10.6 Å². The standard InChI is InChI=1S/C32H38Cl2N4O3Si/c1-19(2)42(20(3)4,21(5)6)41-22(7)30-36-28-17-11-15-26(34)29(28)31(39)38(30)24-13-10-12-23(18-24)35-32(40)37-27-16-9-8-14-25(27)33/h8-22H,1-7H3,(H2,35,37,40). The molecule has 0 bridgehead atoms. The van der Waals surface area contributed by atoms with Crippen molar-refractivity contribution in [2.24, 2.45) is 0 Å². The molecule has 1 unspecified atom stereocenters. The summed E-state index contributed by atoms with van der Waals surface area (Å²) in [7, 11) is -2.33. The van der Waals surface area contributed by atoms with Crippen LogP contribution in [0.2, 0.25) is 26.7 Å². The second kappa shape index (κ2) is 13.0. The first-order valence-electron chi connectivity index (χ1n) is 14.2. The predicted octanol–water partition coefficient (Wildman–Crippen LogP) is 9.59. The summed E-state index contributed by atoms with van der Waals surface area (Å²) < 4.78 is 8.62. The number of urea groups is 1. The number of hydrogen-bond donors (Lipinski definition) is 2. The number of benzene rings is 3. The van der Waals surface area contributed by atoms with E-state index in [-0.39, 0.29) is 5.56 Å². The molecule has 3 aromatic carbocycles. The van der Waals surface area contributed by atoms with Crippen LogP contribution in [0.4, 0.5) is 16.2 Å². The summed E-state index contributed by atoms with van der Waals surface area (Å²) in [5.74, 6) is 0.478. The van der Waals surface area contributed by atoms with Gasteiger partial charge in [0.05, 0.1) is 32.3 Å². The lowest BCUT2D eigenvalue weighted by Crippen LogP contribution is -2.48. The fraction of sp³-hybridized carbons (Fsp3) is 0.344. The second-order valence-electron chi connectivity index (χ2n) is 11.4. The van der Waals surface area contributed by atoms with Crippen LogP contribution in [-0.2, 0) is 4.43 Å². The molecule has 222 valence electrons. The monoisotopic (exact) mass is 624 g/mol. The van der Waals surface area contributed by atoms with Gasteiger partial charge >= 0.3 is 6.03 Å². The Morgan fingerprint density at radius 3 is 2.10 bits per heavy atom.